The third kappa shape index (κ3) is 1.99. The third-order valence-corrected chi connectivity index (χ3v) is 2.18. The molecule has 0 saturated carbocycles. The number of anilines is 1. The molecule has 0 aliphatic heterocycles. The van der Waals surface area contributed by atoms with Crippen molar-refractivity contribution >= 4 is 22.5 Å². The monoisotopic (exact) mass is 204 g/mol. The molecule has 1 aromatic carbocycles. The van der Waals surface area contributed by atoms with E-state index in [9.17, 15) is 4.79 Å². The molecule has 0 aliphatic rings. The molecule has 0 radical (unpaired) electrons. The number of carbonyl (C=O) groups excluding carboxylic acids is 1. The first-order valence-electron chi connectivity index (χ1n) is 4.69. The van der Waals surface area contributed by atoms with Gasteiger partial charge in [-0.25, -0.2) is 0 Å². The number of H-pyrrole nitrogens is 1. The van der Waals surface area contributed by atoms with Crippen LogP contribution in [0.3, 0.4) is 0 Å². The third-order valence-electron chi connectivity index (χ3n) is 2.18. The van der Waals surface area contributed by atoms with E-state index in [0.717, 1.165) is 16.6 Å². The van der Waals surface area contributed by atoms with Crippen LogP contribution >= 0.6 is 0 Å². The van der Waals surface area contributed by atoms with Gasteiger partial charge in [0.25, 0.3) is 0 Å². The Morgan fingerprint density at radius 1 is 1.47 bits per heavy atom. The number of hydrogen-bond donors (Lipinski definition) is 3. The van der Waals surface area contributed by atoms with E-state index in [-0.39, 0.29) is 0 Å². The van der Waals surface area contributed by atoms with E-state index >= 15 is 0 Å². The molecule has 0 unspecified atom stereocenters. The van der Waals surface area contributed by atoms with Gasteiger partial charge in [-0.3, -0.25) is 4.79 Å². The first-order valence-corrected chi connectivity index (χ1v) is 4.69. The summed E-state index contributed by atoms with van der Waals surface area (Å²) in [6, 6.07) is 7.57. The molecule has 1 amide bonds. The molecular formula is C11H12N2O2. The predicted molar refractivity (Wildman–Crippen MR) is 58.8 cm³/mol. The number of aliphatic hydroxyl groups excluding tert-OH is 1. The van der Waals surface area contributed by atoms with Crippen LogP contribution in [0.15, 0.2) is 24.3 Å². The van der Waals surface area contributed by atoms with Crippen molar-refractivity contribution in [3.05, 3.63) is 30.0 Å². The SMILES string of the molecule is Cc1cc2cc(NC(=O)CO)ccc2[nH]1. The van der Waals surface area contributed by atoms with Crippen LogP contribution in [0, 0.1) is 6.92 Å². The summed E-state index contributed by atoms with van der Waals surface area (Å²) in [6.07, 6.45) is 0. The molecule has 78 valence electrons. The number of nitrogens with one attached hydrogen (secondary N) is 2. The molecule has 3 N–H and O–H groups in total. The van der Waals surface area contributed by atoms with Gasteiger partial charge in [0.05, 0.1) is 0 Å². The first-order chi connectivity index (χ1) is 7.19. The molecule has 2 aromatic rings. The molecule has 0 bridgehead atoms. The van der Waals surface area contributed by atoms with E-state index in [0.29, 0.717) is 5.69 Å². The van der Waals surface area contributed by atoms with Gasteiger partial charge in [0.15, 0.2) is 0 Å². The summed E-state index contributed by atoms with van der Waals surface area (Å²) in [5, 5.41) is 12.2. The number of rotatable bonds is 2. The molecule has 4 heteroatoms. The highest BCUT2D eigenvalue weighted by molar-refractivity contribution is 5.94. The highest BCUT2D eigenvalue weighted by Gasteiger charge is 2.02. The van der Waals surface area contributed by atoms with Gasteiger partial charge in [-0.15, -0.1) is 0 Å². The van der Waals surface area contributed by atoms with E-state index in [4.69, 9.17) is 5.11 Å². The summed E-state index contributed by atoms with van der Waals surface area (Å²) in [5.41, 5.74) is 2.81. The second-order valence-corrected chi connectivity index (χ2v) is 3.46. The van der Waals surface area contributed by atoms with Gasteiger partial charge < -0.3 is 15.4 Å². The van der Waals surface area contributed by atoms with Crippen LogP contribution in [-0.4, -0.2) is 22.6 Å². The molecule has 0 saturated heterocycles. The molecular weight excluding hydrogens is 192 g/mol. The van der Waals surface area contributed by atoms with Gasteiger partial charge in [-0.1, -0.05) is 0 Å². The fraction of sp³-hybridized carbons (Fsp3) is 0.182. The van der Waals surface area contributed by atoms with Crippen molar-refractivity contribution in [3.63, 3.8) is 0 Å². The zero-order chi connectivity index (χ0) is 10.8. The average Bonchev–Trinajstić information content (AvgIpc) is 2.57. The van der Waals surface area contributed by atoms with E-state index < -0.39 is 12.5 Å². The number of benzene rings is 1. The Morgan fingerprint density at radius 2 is 2.27 bits per heavy atom. The lowest BCUT2D eigenvalue weighted by molar-refractivity contribution is -0.118. The fourth-order valence-corrected chi connectivity index (χ4v) is 1.56. The Bertz CT molecular complexity index is 502. The van der Waals surface area contributed by atoms with Crippen LogP contribution in [-0.2, 0) is 4.79 Å². The molecule has 15 heavy (non-hydrogen) atoms. The summed E-state index contributed by atoms with van der Waals surface area (Å²) in [6.45, 7) is 1.48. The lowest BCUT2D eigenvalue weighted by Gasteiger charge is -2.02. The maximum absolute atomic E-state index is 11.0. The number of hydrogen-bond acceptors (Lipinski definition) is 2. The summed E-state index contributed by atoms with van der Waals surface area (Å²) in [7, 11) is 0. The minimum absolute atomic E-state index is 0.401. The van der Waals surface area contributed by atoms with Gasteiger partial charge >= 0.3 is 0 Å². The van der Waals surface area contributed by atoms with Gasteiger partial charge in [-0.2, -0.15) is 0 Å². The Kier molecular flexibility index (Phi) is 2.43. The average molecular weight is 204 g/mol. The molecule has 0 spiro atoms. The van der Waals surface area contributed by atoms with Gasteiger partial charge in [0, 0.05) is 22.3 Å². The predicted octanol–water partition coefficient (Wildman–Crippen LogP) is 1.41. The van der Waals surface area contributed by atoms with Crippen molar-refractivity contribution in [2.45, 2.75) is 6.92 Å². The summed E-state index contributed by atoms with van der Waals surface area (Å²) >= 11 is 0. The molecule has 2 rings (SSSR count). The highest BCUT2D eigenvalue weighted by Crippen LogP contribution is 2.19. The summed E-state index contributed by atoms with van der Waals surface area (Å²) in [4.78, 5) is 14.1. The van der Waals surface area contributed by atoms with Crippen molar-refractivity contribution in [1.82, 2.24) is 4.98 Å². The second-order valence-electron chi connectivity index (χ2n) is 3.46. The minimum Gasteiger partial charge on any atom is -0.387 e. The van der Waals surface area contributed by atoms with Crippen molar-refractivity contribution in [2.24, 2.45) is 0 Å². The van der Waals surface area contributed by atoms with Crippen LogP contribution in [0.4, 0.5) is 5.69 Å². The molecule has 0 fully saturated rings. The molecule has 0 atom stereocenters. The Balaban J connectivity index is 2.33. The van der Waals surface area contributed by atoms with Gasteiger partial charge in [-0.05, 0) is 31.2 Å². The normalized spacial score (nSPS) is 10.5. The number of aromatic nitrogens is 1. The number of aromatic amines is 1. The van der Waals surface area contributed by atoms with Crippen molar-refractivity contribution in [1.29, 1.82) is 0 Å². The topological polar surface area (TPSA) is 65.1 Å². The first kappa shape index (κ1) is 9.73. The Labute approximate surface area is 86.9 Å². The highest BCUT2D eigenvalue weighted by atomic mass is 16.3. The van der Waals surface area contributed by atoms with Crippen LogP contribution in [0.25, 0.3) is 10.9 Å². The van der Waals surface area contributed by atoms with Crippen LogP contribution in [0.1, 0.15) is 5.69 Å². The minimum atomic E-state index is -0.496. The zero-order valence-corrected chi connectivity index (χ0v) is 8.37. The zero-order valence-electron chi connectivity index (χ0n) is 8.37. The second kappa shape index (κ2) is 3.74. The van der Waals surface area contributed by atoms with Crippen molar-refractivity contribution in [2.75, 3.05) is 11.9 Å². The Hall–Kier alpha value is -1.81. The number of carbonyl (C=O) groups is 1. The fourth-order valence-electron chi connectivity index (χ4n) is 1.56. The Morgan fingerprint density at radius 3 is 3.00 bits per heavy atom. The van der Waals surface area contributed by atoms with E-state index in [1.807, 2.05) is 25.1 Å². The molecule has 4 nitrogen and oxygen atoms in total. The van der Waals surface area contributed by atoms with Crippen molar-refractivity contribution < 1.29 is 9.90 Å². The van der Waals surface area contributed by atoms with Gasteiger partial charge in [0.1, 0.15) is 6.61 Å². The standard InChI is InChI=1S/C11H12N2O2/c1-7-4-8-5-9(13-11(15)6-14)2-3-10(8)12-7/h2-5,12,14H,6H2,1H3,(H,13,15). The van der Waals surface area contributed by atoms with E-state index in [2.05, 4.69) is 10.3 Å². The smallest absolute Gasteiger partial charge is 0.250 e. The van der Waals surface area contributed by atoms with Crippen molar-refractivity contribution in [3.8, 4) is 0 Å². The molecule has 1 aromatic heterocycles. The lowest BCUT2D eigenvalue weighted by atomic mass is 10.2. The van der Waals surface area contributed by atoms with E-state index in [1.165, 1.54) is 0 Å². The summed E-state index contributed by atoms with van der Waals surface area (Å²) < 4.78 is 0. The maximum Gasteiger partial charge on any atom is 0.250 e. The maximum atomic E-state index is 11.0. The van der Waals surface area contributed by atoms with Crippen LogP contribution < -0.4 is 5.32 Å². The van der Waals surface area contributed by atoms with E-state index in [1.54, 1.807) is 6.07 Å². The number of aliphatic hydroxyl groups is 1. The van der Waals surface area contributed by atoms with Crippen LogP contribution in [0.5, 0.6) is 0 Å². The summed E-state index contributed by atoms with van der Waals surface area (Å²) in [5.74, 6) is -0.401. The van der Waals surface area contributed by atoms with Gasteiger partial charge in [0.2, 0.25) is 5.91 Å². The van der Waals surface area contributed by atoms with Crippen LogP contribution in [0.2, 0.25) is 0 Å². The molecule has 1 heterocycles. The lowest BCUT2D eigenvalue weighted by Crippen LogP contribution is -2.15. The quantitative estimate of drug-likeness (QED) is 0.692. The number of fused-ring (bicyclic) bond motifs is 1. The number of amides is 1. The largest absolute Gasteiger partial charge is 0.387 e. The molecule has 0 aliphatic carbocycles. The number of aryl methyl sites for hydroxylation is 1.